The molecular formula is C14H17N3O2S. The summed E-state index contributed by atoms with van der Waals surface area (Å²) in [6.07, 6.45) is 0. The lowest BCUT2D eigenvalue weighted by atomic mass is 10.3. The molecular weight excluding hydrogens is 274 g/mol. The van der Waals surface area contributed by atoms with Gasteiger partial charge in [0.2, 0.25) is 0 Å². The number of thiazole rings is 1. The zero-order valence-corrected chi connectivity index (χ0v) is 12.3. The molecule has 106 valence electrons. The molecule has 0 aliphatic rings. The molecule has 0 bridgehead atoms. The Morgan fingerprint density at radius 1 is 1.45 bits per heavy atom. The van der Waals surface area contributed by atoms with Gasteiger partial charge in [-0.05, 0) is 26.0 Å². The van der Waals surface area contributed by atoms with Gasteiger partial charge in [-0.1, -0.05) is 6.07 Å². The molecule has 5 nitrogen and oxygen atoms in total. The van der Waals surface area contributed by atoms with E-state index in [0.29, 0.717) is 29.5 Å². The van der Waals surface area contributed by atoms with E-state index in [1.165, 1.54) is 11.3 Å². The van der Waals surface area contributed by atoms with Crippen molar-refractivity contribution in [1.29, 1.82) is 0 Å². The van der Waals surface area contributed by atoms with E-state index in [1.54, 1.807) is 6.07 Å². The van der Waals surface area contributed by atoms with Gasteiger partial charge in [0.1, 0.15) is 17.2 Å². The lowest BCUT2D eigenvalue weighted by Gasteiger charge is -2.08. The summed E-state index contributed by atoms with van der Waals surface area (Å²) in [5.74, 6) is 0.537. The number of ether oxygens (including phenoxy) is 1. The highest BCUT2D eigenvalue weighted by Crippen LogP contribution is 2.21. The molecule has 1 heterocycles. The number of nitrogens with zero attached hydrogens (tertiary/aromatic N) is 1. The number of aromatic nitrogens is 1. The van der Waals surface area contributed by atoms with Gasteiger partial charge in [0, 0.05) is 18.3 Å². The van der Waals surface area contributed by atoms with E-state index in [-0.39, 0.29) is 5.91 Å². The topological polar surface area (TPSA) is 77.2 Å². The monoisotopic (exact) mass is 291 g/mol. The molecule has 2 rings (SSSR count). The molecule has 0 saturated heterocycles. The number of carbonyl (C=O) groups excluding carboxylic acids is 1. The summed E-state index contributed by atoms with van der Waals surface area (Å²) in [6, 6.07) is 7.24. The van der Waals surface area contributed by atoms with Crippen molar-refractivity contribution in [2.45, 2.75) is 13.8 Å². The highest BCUT2D eigenvalue weighted by atomic mass is 32.1. The number of hydrogen-bond acceptors (Lipinski definition) is 5. The van der Waals surface area contributed by atoms with Crippen molar-refractivity contribution in [1.82, 2.24) is 4.98 Å². The third kappa shape index (κ3) is 3.55. The fourth-order valence-corrected chi connectivity index (χ4v) is 2.59. The molecule has 20 heavy (non-hydrogen) atoms. The van der Waals surface area contributed by atoms with Crippen LogP contribution in [0.5, 0.6) is 5.75 Å². The van der Waals surface area contributed by atoms with Crippen molar-refractivity contribution < 1.29 is 9.53 Å². The summed E-state index contributed by atoms with van der Waals surface area (Å²) in [6.45, 7) is 4.62. The SMILES string of the molecule is Cc1nc(C)c(C(=O)Nc2cccc(OCCN)c2)s1. The van der Waals surface area contributed by atoms with Crippen molar-refractivity contribution in [2.75, 3.05) is 18.5 Å². The zero-order valence-electron chi connectivity index (χ0n) is 11.5. The van der Waals surface area contributed by atoms with Crippen molar-refractivity contribution in [2.24, 2.45) is 5.73 Å². The summed E-state index contributed by atoms with van der Waals surface area (Å²) in [4.78, 5) is 17.1. The van der Waals surface area contributed by atoms with Crippen molar-refractivity contribution in [3.8, 4) is 5.75 Å². The van der Waals surface area contributed by atoms with Crippen molar-refractivity contribution in [3.05, 3.63) is 39.8 Å². The summed E-state index contributed by atoms with van der Waals surface area (Å²) in [5, 5.41) is 3.73. The van der Waals surface area contributed by atoms with Gasteiger partial charge in [-0.2, -0.15) is 0 Å². The Morgan fingerprint density at radius 2 is 2.25 bits per heavy atom. The van der Waals surface area contributed by atoms with E-state index < -0.39 is 0 Å². The second kappa shape index (κ2) is 6.49. The van der Waals surface area contributed by atoms with Crippen LogP contribution in [0.15, 0.2) is 24.3 Å². The predicted octanol–water partition coefficient (Wildman–Crippen LogP) is 2.35. The summed E-state index contributed by atoms with van der Waals surface area (Å²) >= 11 is 1.39. The normalized spacial score (nSPS) is 10.3. The molecule has 0 fully saturated rings. The Morgan fingerprint density at radius 3 is 2.90 bits per heavy atom. The van der Waals surface area contributed by atoms with Gasteiger partial charge >= 0.3 is 0 Å². The molecule has 2 aromatic rings. The van der Waals surface area contributed by atoms with E-state index in [4.69, 9.17) is 10.5 Å². The first-order valence-electron chi connectivity index (χ1n) is 6.28. The van der Waals surface area contributed by atoms with Crippen LogP contribution in [0.2, 0.25) is 0 Å². The van der Waals surface area contributed by atoms with Gasteiger partial charge in [-0.25, -0.2) is 4.98 Å². The van der Waals surface area contributed by atoms with E-state index in [9.17, 15) is 4.79 Å². The number of anilines is 1. The van der Waals surface area contributed by atoms with Crippen LogP contribution in [0.25, 0.3) is 0 Å². The van der Waals surface area contributed by atoms with Crippen LogP contribution >= 0.6 is 11.3 Å². The van der Waals surface area contributed by atoms with Gasteiger partial charge < -0.3 is 15.8 Å². The van der Waals surface area contributed by atoms with Crippen LogP contribution in [0, 0.1) is 13.8 Å². The number of nitrogens with one attached hydrogen (secondary N) is 1. The molecule has 0 aliphatic carbocycles. The van der Waals surface area contributed by atoms with Crippen LogP contribution in [0.1, 0.15) is 20.4 Å². The van der Waals surface area contributed by atoms with Crippen LogP contribution in [-0.4, -0.2) is 24.0 Å². The van der Waals surface area contributed by atoms with Gasteiger partial charge in [0.05, 0.1) is 10.7 Å². The smallest absolute Gasteiger partial charge is 0.267 e. The second-order valence-electron chi connectivity index (χ2n) is 4.27. The molecule has 0 saturated carbocycles. The maximum absolute atomic E-state index is 12.2. The number of amides is 1. The summed E-state index contributed by atoms with van der Waals surface area (Å²) in [5.41, 5.74) is 6.83. The first kappa shape index (κ1) is 14.5. The van der Waals surface area contributed by atoms with Crippen molar-refractivity contribution >= 4 is 22.9 Å². The standard InChI is InChI=1S/C14H17N3O2S/c1-9-13(20-10(2)16-9)14(18)17-11-4-3-5-12(8-11)19-7-6-15/h3-5,8H,6-7,15H2,1-2H3,(H,17,18). The fraction of sp³-hybridized carbons (Fsp3) is 0.286. The number of carbonyl (C=O) groups is 1. The van der Waals surface area contributed by atoms with Gasteiger partial charge in [0.25, 0.3) is 5.91 Å². The third-order valence-corrected chi connectivity index (χ3v) is 3.66. The molecule has 0 unspecified atom stereocenters. The molecule has 1 aromatic heterocycles. The molecule has 0 spiro atoms. The van der Waals surface area contributed by atoms with E-state index in [1.807, 2.05) is 32.0 Å². The largest absolute Gasteiger partial charge is 0.492 e. The van der Waals surface area contributed by atoms with E-state index in [2.05, 4.69) is 10.3 Å². The van der Waals surface area contributed by atoms with Crippen LogP contribution in [-0.2, 0) is 0 Å². The Labute approximate surface area is 121 Å². The lowest BCUT2D eigenvalue weighted by molar-refractivity contribution is 0.103. The number of rotatable bonds is 5. The van der Waals surface area contributed by atoms with Gasteiger partial charge in [-0.15, -0.1) is 11.3 Å². The average molecular weight is 291 g/mol. The molecule has 6 heteroatoms. The Hall–Kier alpha value is -1.92. The fourth-order valence-electron chi connectivity index (χ4n) is 1.77. The maximum atomic E-state index is 12.2. The molecule has 3 N–H and O–H groups in total. The van der Waals surface area contributed by atoms with Crippen LogP contribution < -0.4 is 15.8 Å². The Balaban J connectivity index is 2.09. The maximum Gasteiger partial charge on any atom is 0.267 e. The van der Waals surface area contributed by atoms with Crippen LogP contribution in [0.4, 0.5) is 5.69 Å². The number of benzene rings is 1. The number of nitrogens with two attached hydrogens (primary N) is 1. The molecule has 0 radical (unpaired) electrons. The zero-order chi connectivity index (χ0) is 14.5. The Bertz CT molecular complexity index is 610. The predicted molar refractivity (Wildman–Crippen MR) is 80.5 cm³/mol. The van der Waals surface area contributed by atoms with Gasteiger partial charge in [-0.3, -0.25) is 4.79 Å². The average Bonchev–Trinajstić information content (AvgIpc) is 2.76. The molecule has 1 amide bonds. The molecule has 0 atom stereocenters. The first-order chi connectivity index (χ1) is 9.60. The third-order valence-electron chi connectivity index (χ3n) is 2.59. The van der Waals surface area contributed by atoms with Crippen molar-refractivity contribution in [3.63, 3.8) is 0 Å². The minimum absolute atomic E-state index is 0.149. The summed E-state index contributed by atoms with van der Waals surface area (Å²) < 4.78 is 5.42. The minimum atomic E-state index is -0.149. The molecule has 1 aromatic carbocycles. The number of hydrogen-bond donors (Lipinski definition) is 2. The molecule has 0 aliphatic heterocycles. The minimum Gasteiger partial charge on any atom is -0.492 e. The van der Waals surface area contributed by atoms with Gasteiger partial charge in [0.15, 0.2) is 0 Å². The van der Waals surface area contributed by atoms with E-state index in [0.717, 1.165) is 10.7 Å². The quantitative estimate of drug-likeness (QED) is 0.886. The number of aryl methyl sites for hydroxylation is 2. The van der Waals surface area contributed by atoms with Crippen LogP contribution in [0.3, 0.4) is 0 Å². The Kier molecular flexibility index (Phi) is 4.70. The first-order valence-corrected chi connectivity index (χ1v) is 7.10. The second-order valence-corrected chi connectivity index (χ2v) is 5.47. The van der Waals surface area contributed by atoms with E-state index >= 15 is 0 Å². The highest BCUT2D eigenvalue weighted by molar-refractivity contribution is 7.13. The summed E-state index contributed by atoms with van der Waals surface area (Å²) in [7, 11) is 0. The lowest BCUT2D eigenvalue weighted by Crippen LogP contribution is -2.12. The highest BCUT2D eigenvalue weighted by Gasteiger charge is 2.14.